The molecule has 2 aromatic carbocycles. The van der Waals surface area contributed by atoms with Gasteiger partial charge in [0.2, 0.25) is 5.91 Å². The average molecular weight is 532 g/mol. The zero-order chi connectivity index (χ0) is 21.2. The highest BCUT2D eigenvalue weighted by Gasteiger charge is 2.36. The lowest BCUT2D eigenvalue weighted by Crippen LogP contribution is -2.36. The highest BCUT2D eigenvalue weighted by molar-refractivity contribution is 14.1. The summed E-state index contributed by atoms with van der Waals surface area (Å²) in [6, 6.07) is 11.2. The van der Waals surface area contributed by atoms with Gasteiger partial charge in [0.1, 0.15) is 6.54 Å². The number of hydrogen-bond acceptors (Lipinski definition) is 4. The van der Waals surface area contributed by atoms with Crippen molar-refractivity contribution in [3.05, 3.63) is 68.1 Å². The Kier molecular flexibility index (Phi) is 6.32. The van der Waals surface area contributed by atoms with Gasteiger partial charge in [-0.1, -0.05) is 12.1 Å². The summed E-state index contributed by atoms with van der Waals surface area (Å²) in [5.41, 5.74) is 0.0598. The Balaban J connectivity index is 1.68. The molecular formula is C19H12F3IN2O3S. The van der Waals surface area contributed by atoms with Crippen LogP contribution >= 0.6 is 34.4 Å². The van der Waals surface area contributed by atoms with Gasteiger partial charge in [-0.15, -0.1) is 0 Å². The van der Waals surface area contributed by atoms with E-state index in [9.17, 15) is 27.6 Å². The lowest BCUT2D eigenvalue weighted by atomic mass is 10.1. The SMILES string of the molecule is O=C(CN1C(=O)S/C(=C\c2ccc(C(F)(F)F)cc2)C1=O)Nc1ccc(I)cc1. The van der Waals surface area contributed by atoms with Crippen LogP contribution in [0.1, 0.15) is 11.1 Å². The van der Waals surface area contributed by atoms with Gasteiger partial charge in [0.05, 0.1) is 10.5 Å². The van der Waals surface area contributed by atoms with Crippen LogP contribution in [-0.2, 0) is 15.8 Å². The molecule has 1 N–H and O–H groups in total. The Labute approximate surface area is 181 Å². The largest absolute Gasteiger partial charge is 0.416 e. The van der Waals surface area contributed by atoms with Gasteiger partial charge in [0.15, 0.2) is 0 Å². The van der Waals surface area contributed by atoms with Crippen LogP contribution in [0, 0.1) is 3.57 Å². The zero-order valence-electron chi connectivity index (χ0n) is 14.5. The van der Waals surface area contributed by atoms with E-state index in [1.165, 1.54) is 18.2 Å². The summed E-state index contributed by atoms with van der Waals surface area (Å²) < 4.78 is 38.9. The van der Waals surface area contributed by atoms with Gasteiger partial charge in [-0.05, 0) is 82.4 Å². The summed E-state index contributed by atoms with van der Waals surface area (Å²) in [7, 11) is 0. The summed E-state index contributed by atoms with van der Waals surface area (Å²) >= 11 is 2.75. The average Bonchev–Trinajstić information content (AvgIpc) is 2.91. The van der Waals surface area contributed by atoms with Gasteiger partial charge in [0, 0.05) is 9.26 Å². The Bertz CT molecular complexity index is 989. The number of rotatable bonds is 4. The molecule has 0 bridgehead atoms. The minimum atomic E-state index is -4.46. The van der Waals surface area contributed by atoms with E-state index in [1.807, 2.05) is 0 Å². The lowest BCUT2D eigenvalue weighted by Gasteiger charge is -2.12. The molecule has 0 radical (unpaired) electrons. The third-order valence-corrected chi connectivity index (χ3v) is 5.47. The molecule has 0 saturated carbocycles. The van der Waals surface area contributed by atoms with Gasteiger partial charge in [0.25, 0.3) is 11.1 Å². The maximum Gasteiger partial charge on any atom is 0.416 e. The topological polar surface area (TPSA) is 66.5 Å². The van der Waals surface area contributed by atoms with Crippen LogP contribution in [0.25, 0.3) is 6.08 Å². The van der Waals surface area contributed by atoms with Crippen LogP contribution in [0.2, 0.25) is 0 Å². The van der Waals surface area contributed by atoms with Crippen molar-refractivity contribution in [2.24, 2.45) is 0 Å². The van der Waals surface area contributed by atoms with Crippen LogP contribution in [0.3, 0.4) is 0 Å². The Morgan fingerprint density at radius 1 is 1.07 bits per heavy atom. The van der Waals surface area contributed by atoms with Crippen LogP contribution < -0.4 is 5.32 Å². The second kappa shape index (κ2) is 8.57. The van der Waals surface area contributed by atoms with E-state index < -0.39 is 35.3 Å². The molecule has 0 unspecified atom stereocenters. The summed E-state index contributed by atoms with van der Waals surface area (Å²) in [4.78, 5) is 37.5. The fourth-order valence-electron chi connectivity index (χ4n) is 2.43. The quantitative estimate of drug-likeness (QED) is 0.446. The van der Waals surface area contributed by atoms with Crippen molar-refractivity contribution in [2.75, 3.05) is 11.9 Å². The number of thioether (sulfide) groups is 1. The predicted molar refractivity (Wildman–Crippen MR) is 112 cm³/mol. The fourth-order valence-corrected chi connectivity index (χ4v) is 3.63. The maximum absolute atomic E-state index is 12.6. The molecule has 0 aliphatic carbocycles. The molecule has 0 atom stereocenters. The summed E-state index contributed by atoms with van der Waals surface area (Å²) in [6.45, 7) is -0.457. The lowest BCUT2D eigenvalue weighted by molar-refractivity contribution is -0.137. The number of carbonyl (C=O) groups is 3. The van der Waals surface area contributed by atoms with Gasteiger partial charge in [-0.25, -0.2) is 0 Å². The van der Waals surface area contributed by atoms with Crippen LogP contribution in [-0.4, -0.2) is 28.5 Å². The minimum absolute atomic E-state index is 0.0387. The highest BCUT2D eigenvalue weighted by Crippen LogP contribution is 2.33. The smallest absolute Gasteiger partial charge is 0.325 e. The molecule has 1 heterocycles. The molecular weight excluding hydrogens is 520 g/mol. The van der Waals surface area contributed by atoms with E-state index in [-0.39, 0.29) is 4.91 Å². The molecule has 2 aromatic rings. The van der Waals surface area contributed by atoms with Crippen molar-refractivity contribution >= 4 is 63.2 Å². The number of benzene rings is 2. The monoisotopic (exact) mass is 532 g/mol. The first-order valence-corrected chi connectivity index (χ1v) is 10.0. The normalized spacial score (nSPS) is 15.9. The second-order valence-electron chi connectivity index (χ2n) is 5.94. The number of nitrogens with one attached hydrogen (secondary N) is 1. The van der Waals surface area contributed by atoms with E-state index in [0.717, 1.165) is 20.6 Å². The number of carbonyl (C=O) groups excluding carboxylic acids is 3. The second-order valence-corrected chi connectivity index (χ2v) is 8.18. The van der Waals surface area contributed by atoms with Crippen molar-refractivity contribution in [3.63, 3.8) is 0 Å². The molecule has 10 heteroatoms. The zero-order valence-corrected chi connectivity index (χ0v) is 17.5. The predicted octanol–water partition coefficient (Wildman–Crippen LogP) is 4.99. The maximum atomic E-state index is 12.6. The van der Waals surface area contributed by atoms with Gasteiger partial charge in [-0.2, -0.15) is 13.2 Å². The molecule has 5 nitrogen and oxygen atoms in total. The molecule has 1 fully saturated rings. The number of hydrogen-bond donors (Lipinski definition) is 1. The van der Waals surface area contributed by atoms with Crippen molar-refractivity contribution in [1.29, 1.82) is 0 Å². The number of imide groups is 1. The third kappa shape index (κ3) is 5.38. The van der Waals surface area contributed by atoms with Crippen molar-refractivity contribution in [2.45, 2.75) is 6.18 Å². The van der Waals surface area contributed by atoms with E-state index in [0.29, 0.717) is 23.0 Å². The first-order chi connectivity index (χ1) is 13.6. The van der Waals surface area contributed by atoms with Crippen LogP contribution in [0.5, 0.6) is 0 Å². The molecule has 0 spiro atoms. The molecule has 3 rings (SSSR count). The third-order valence-electron chi connectivity index (χ3n) is 3.84. The van der Waals surface area contributed by atoms with E-state index in [1.54, 1.807) is 24.3 Å². The van der Waals surface area contributed by atoms with Crippen molar-refractivity contribution in [3.8, 4) is 0 Å². The van der Waals surface area contributed by atoms with Gasteiger partial charge >= 0.3 is 6.18 Å². The molecule has 1 saturated heterocycles. The number of halogens is 4. The number of nitrogens with zero attached hydrogens (tertiary/aromatic N) is 1. The molecule has 3 amide bonds. The molecule has 1 aliphatic rings. The van der Waals surface area contributed by atoms with Crippen LogP contribution in [0.15, 0.2) is 53.4 Å². The molecule has 1 aliphatic heterocycles. The molecule has 150 valence electrons. The van der Waals surface area contributed by atoms with Crippen molar-refractivity contribution in [1.82, 2.24) is 4.90 Å². The molecule has 29 heavy (non-hydrogen) atoms. The Morgan fingerprint density at radius 2 is 1.69 bits per heavy atom. The molecule has 0 aromatic heterocycles. The van der Waals surface area contributed by atoms with E-state index in [2.05, 4.69) is 27.9 Å². The summed E-state index contributed by atoms with van der Waals surface area (Å²) in [5.74, 6) is -1.21. The standard InChI is InChI=1S/C19H12F3IN2O3S/c20-19(21,22)12-3-1-11(2-4-12)9-15-17(27)25(18(28)29-15)10-16(26)24-14-7-5-13(23)6-8-14/h1-9H,10H2,(H,24,26)/b15-9-. The summed E-state index contributed by atoms with van der Waals surface area (Å²) in [6.07, 6.45) is -3.14. The highest BCUT2D eigenvalue weighted by atomic mass is 127. The van der Waals surface area contributed by atoms with E-state index >= 15 is 0 Å². The Morgan fingerprint density at radius 3 is 2.28 bits per heavy atom. The number of anilines is 1. The minimum Gasteiger partial charge on any atom is -0.325 e. The fraction of sp³-hybridized carbons (Fsp3) is 0.105. The first kappa shape index (κ1) is 21.4. The van der Waals surface area contributed by atoms with Crippen LogP contribution in [0.4, 0.5) is 23.7 Å². The van der Waals surface area contributed by atoms with E-state index in [4.69, 9.17) is 0 Å². The summed E-state index contributed by atoms with van der Waals surface area (Å²) in [5, 5.41) is 1.98. The van der Waals surface area contributed by atoms with Gasteiger partial charge in [-0.3, -0.25) is 19.3 Å². The number of alkyl halides is 3. The van der Waals surface area contributed by atoms with Crippen molar-refractivity contribution < 1.29 is 27.6 Å². The first-order valence-electron chi connectivity index (χ1n) is 8.11. The number of amides is 3. The Hall–Kier alpha value is -2.34. The van der Waals surface area contributed by atoms with Gasteiger partial charge < -0.3 is 5.32 Å².